The number of methoxy groups -OCH3 is 1. The second-order valence-corrected chi connectivity index (χ2v) is 9.44. The lowest BCUT2D eigenvalue weighted by molar-refractivity contribution is -0.133. The third kappa shape index (κ3) is 6.23. The van der Waals surface area contributed by atoms with Crippen molar-refractivity contribution in [1.29, 1.82) is 0 Å². The van der Waals surface area contributed by atoms with E-state index in [9.17, 15) is 9.59 Å². The maximum absolute atomic E-state index is 13.1. The van der Waals surface area contributed by atoms with E-state index in [2.05, 4.69) is 17.4 Å². The van der Waals surface area contributed by atoms with Gasteiger partial charge >= 0.3 is 0 Å². The van der Waals surface area contributed by atoms with Gasteiger partial charge < -0.3 is 24.4 Å². The Hall–Kier alpha value is -4.00. The van der Waals surface area contributed by atoms with Gasteiger partial charge in [-0.15, -0.1) is 0 Å². The van der Waals surface area contributed by atoms with Gasteiger partial charge in [-0.25, -0.2) is 0 Å². The van der Waals surface area contributed by atoms with Gasteiger partial charge in [0.25, 0.3) is 11.8 Å². The molecule has 192 valence electrons. The number of carbonyl (C=O) groups is 2. The summed E-state index contributed by atoms with van der Waals surface area (Å²) >= 11 is 0. The summed E-state index contributed by atoms with van der Waals surface area (Å²) in [7, 11) is 1.56. The van der Waals surface area contributed by atoms with Crippen LogP contribution in [0.3, 0.4) is 0 Å². The number of rotatable bonds is 5. The first-order valence-corrected chi connectivity index (χ1v) is 12.8. The van der Waals surface area contributed by atoms with Crippen LogP contribution in [-0.4, -0.2) is 56.7 Å². The normalized spacial score (nSPS) is 16.0. The Morgan fingerprint density at radius 2 is 1.86 bits per heavy atom. The zero-order chi connectivity index (χ0) is 25.6. The minimum atomic E-state index is -0.192. The number of ether oxygens (including phenoxy) is 3. The molecule has 7 nitrogen and oxygen atoms in total. The fraction of sp³-hybridized carbons (Fsp3) is 0.333. The van der Waals surface area contributed by atoms with Gasteiger partial charge in [0.05, 0.1) is 13.7 Å². The molecule has 0 saturated heterocycles. The summed E-state index contributed by atoms with van der Waals surface area (Å²) in [5.41, 5.74) is 4.10. The highest BCUT2D eigenvalue weighted by molar-refractivity contribution is 5.94. The Morgan fingerprint density at radius 3 is 2.68 bits per heavy atom. The molecule has 0 radical (unpaired) electrons. The fourth-order valence-corrected chi connectivity index (χ4v) is 4.59. The standard InChI is InChI=1S/C30H32N2O5/c1-35-27-7-2-3-8-28(27)37-20-29(33)32-14-13-31-30(34)24-6-4-5-21(17-24)18-25-19-23(22-9-10-22)11-12-26(25)36-16-15-32/h2-8,11-12,17,19,22H,9-10,13-16,18,20H2,1H3,(H,31,34). The molecule has 37 heavy (non-hydrogen) atoms. The van der Waals surface area contributed by atoms with E-state index in [0.717, 1.165) is 16.9 Å². The van der Waals surface area contributed by atoms with Gasteiger partial charge in [-0.05, 0) is 65.8 Å². The number of benzene rings is 3. The highest BCUT2D eigenvalue weighted by atomic mass is 16.5. The van der Waals surface area contributed by atoms with Crippen LogP contribution in [0, 0.1) is 0 Å². The molecule has 5 rings (SSSR count). The molecule has 1 aliphatic carbocycles. The lowest BCUT2D eigenvalue weighted by Crippen LogP contribution is -2.42. The van der Waals surface area contributed by atoms with Crippen molar-refractivity contribution in [2.24, 2.45) is 0 Å². The largest absolute Gasteiger partial charge is 0.493 e. The van der Waals surface area contributed by atoms with E-state index in [1.54, 1.807) is 24.1 Å². The molecule has 1 fully saturated rings. The van der Waals surface area contributed by atoms with Crippen molar-refractivity contribution in [2.45, 2.75) is 25.2 Å². The summed E-state index contributed by atoms with van der Waals surface area (Å²) < 4.78 is 17.3. The zero-order valence-electron chi connectivity index (χ0n) is 21.1. The van der Waals surface area contributed by atoms with Crippen LogP contribution in [0.4, 0.5) is 0 Å². The summed E-state index contributed by atoms with van der Waals surface area (Å²) in [5.74, 6) is 2.17. The van der Waals surface area contributed by atoms with Gasteiger partial charge in [0.1, 0.15) is 12.4 Å². The van der Waals surface area contributed by atoms with Crippen LogP contribution in [-0.2, 0) is 11.2 Å². The number of nitrogens with one attached hydrogen (secondary N) is 1. The number of hydrogen-bond donors (Lipinski definition) is 1. The fourth-order valence-electron chi connectivity index (χ4n) is 4.59. The van der Waals surface area contributed by atoms with E-state index in [0.29, 0.717) is 55.6 Å². The third-order valence-corrected chi connectivity index (χ3v) is 6.78. The average Bonchev–Trinajstić information content (AvgIpc) is 3.77. The highest BCUT2D eigenvalue weighted by Gasteiger charge is 2.24. The molecular weight excluding hydrogens is 468 g/mol. The van der Waals surface area contributed by atoms with Crippen molar-refractivity contribution >= 4 is 11.8 Å². The van der Waals surface area contributed by atoms with Gasteiger partial charge in [-0.1, -0.05) is 36.4 Å². The molecule has 1 saturated carbocycles. The molecule has 1 heterocycles. The smallest absolute Gasteiger partial charge is 0.260 e. The Morgan fingerprint density at radius 1 is 1.03 bits per heavy atom. The lowest BCUT2D eigenvalue weighted by Gasteiger charge is -2.24. The second kappa shape index (κ2) is 11.4. The number of nitrogens with zero attached hydrogens (tertiary/aromatic N) is 1. The molecule has 2 amide bonds. The number of para-hydroxylation sites is 2. The Bertz CT molecular complexity index is 1270. The van der Waals surface area contributed by atoms with Crippen LogP contribution in [0.2, 0.25) is 0 Å². The van der Waals surface area contributed by atoms with Gasteiger partial charge in [-0.2, -0.15) is 0 Å². The summed E-state index contributed by atoms with van der Waals surface area (Å²) in [6, 6.07) is 21.3. The van der Waals surface area contributed by atoms with Crippen molar-refractivity contribution in [3.63, 3.8) is 0 Å². The quantitative estimate of drug-likeness (QED) is 0.569. The second-order valence-electron chi connectivity index (χ2n) is 9.44. The number of hydrogen-bond acceptors (Lipinski definition) is 5. The zero-order valence-corrected chi connectivity index (χ0v) is 21.1. The van der Waals surface area contributed by atoms with Crippen molar-refractivity contribution in [1.82, 2.24) is 10.2 Å². The van der Waals surface area contributed by atoms with Crippen LogP contribution >= 0.6 is 0 Å². The van der Waals surface area contributed by atoms with E-state index in [4.69, 9.17) is 14.2 Å². The SMILES string of the molecule is COc1ccccc1OCC(=O)N1CCNC(=O)c2cccc(c2)Cc2cc(C3CC3)ccc2OCC1. The molecule has 0 atom stereocenters. The lowest BCUT2D eigenvalue weighted by atomic mass is 9.98. The van der Waals surface area contributed by atoms with E-state index in [1.807, 2.05) is 42.5 Å². The van der Waals surface area contributed by atoms with E-state index in [-0.39, 0.29) is 18.4 Å². The number of carbonyl (C=O) groups excluding carboxylic acids is 2. The van der Waals surface area contributed by atoms with Crippen molar-refractivity contribution in [3.8, 4) is 17.2 Å². The summed E-state index contributed by atoms with van der Waals surface area (Å²) in [6.07, 6.45) is 3.12. The van der Waals surface area contributed by atoms with Crippen molar-refractivity contribution < 1.29 is 23.8 Å². The van der Waals surface area contributed by atoms with Crippen LogP contribution in [0.5, 0.6) is 17.2 Å². The molecule has 3 aromatic carbocycles. The number of fused-ring (bicyclic) bond motifs is 3. The molecule has 0 aromatic heterocycles. The molecular formula is C30H32N2O5. The topological polar surface area (TPSA) is 77.1 Å². The predicted octanol–water partition coefficient (Wildman–Crippen LogP) is 4.19. The predicted molar refractivity (Wildman–Crippen MR) is 141 cm³/mol. The Kier molecular flexibility index (Phi) is 7.59. The van der Waals surface area contributed by atoms with Gasteiger partial charge in [0.15, 0.2) is 18.1 Å². The van der Waals surface area contributed by atoms with Crippen LogP contribution in [0.25, 0.3) is 0 Å². The van der Waals surface area contributed by atoms with E-state index in [1.165, 1.54) is 18.4 Å². The van der Waals surface area contributed by atoms with Gasteiger partial charge in [0, 0.05) is 25.1 Å². The number of amides is 2. The Labute approximate surface area is 217 Å². The van der Waals surface area contributed by atoms with Crippen molar-refractivity contribution in [3.05, 3.63) is 89.0 Å². The molecule has 2 aliphatic rings. The minimum Gasteiger partial charge on any atom is -0.493 e. The maximum atomic E-state index is 13.1. The van der Waals surface area contributed by atoms with Crippen molar-refractivity contribution in [2.75, 3.05) is 40.0 Å². The first-order valence-electron chi connectivity index (χ1n) is 12.8. The monoisotopic (exact) mass is 500 g/mol. The van der Waals surface area contributed by atoms with Gasteiger partial charge in [-0.3, -0.25) is 9.59 Å². The minimum absolute atomic E-state index is 0.141. The average molecular weight is 501 g/mol. The van der Waals surface area contributed by atoms with Crippen LogP contribution in [0.1, 0.15) is 45.8 Å². The summed E-state index contributed by atoms with van der Waals surface area (Å²) in [6.45, 7) is 1.24. The molecule has 1 aliphatic heterocycles. The third-order valence-electron chi connectivity index (χ3n) is 6.78. The summed E-state index contributed by atoms with van der Waals surface area (Å²) in [4.78, 5) is 27.6. The highest BCUT2D eigenvalue weighted by Crippen LogP contribution is 2.41. The molecule has 7 heteroatoms. The first-order chi connectivity index (χ1) is 18.1. The molecule has 0 spiro atoms. The Balaban J connectivity index is 1.34. The van der Waals surface area contributed by atoms with Crippen LogP contribution < -0.4 is 19.5 Å². The molecule has 1 N–H and O–H groups in total. The summed E-state index contributed by atoms with van der Waals surface area (Å²) in [5, 5.41) is 2.94. The maximum Gasteiger partial charge on any atom is 0.260 e. The van der Waals surface area contributed by atoms with E-state index < -0.39 is 0 Å². The van der Waals surface area contributed by atoms with E-state index >= 15 is 0 Å². The molecule has 0 unspecified atom stereocenters. The molecule has 2 bridgehead atoms. The van der Waals surface area contributed by atoms with Crippen LogP contribution in [0.15, 0.2) is 66.7 Å². The first kappa shape index (κ1) is 24.7. The molecule has 3 aromatic rings. The van der Waals surface area contributed by atoms with Gasteiger partial charge in [0.2, 0.25) is 0 Å².